The number of pyridine rings is 1. The maximum atomic E-state index is 13.1. The van der Waals surface area contributed by atoms with E-state index in [1.165, 1.54) is 18.2 Å². The first-order valence-electron chi connectivity index (χ1n) is 12.5. The molecule has 4 aromatic rings. The fourth-order valence-corrected chi connectivity index (χ4v) is 4.38. The highest BCUT2D eigenvalue weighted by atomic mass is 19.4. The molecule has 1 N–H and O–H groups in total. The normalized spacial score (nSPS) is 15.2. The van der Waals surface area contributed by atoms with Gasteiger partial charge in [-0.05, 0) is 42.0 Å². The highest BCUT2D eigenvalue weighted by Crippen LogP contribution is 2.32. The zero-order chi connectivity index (χ0) is 27.2. The van der Waals surface area contributed by atoms with Crippen LogP contribution < -0.4 is 5.32 Å². The van der Waals surface area contributed by atoms with Crippen molar-refractivity contribution in [2.45, 2.75) is 12.7 Å². The van der Waals surface area contributed by atoms with E-state index in [0.717, 1.165) is 41.8 Å². The summed E-state index contributed by atoms with van der Waals surface area (Å²) >= 11 is 0. The minimum absolute atomic E-state index is 0.352. The van der Waals surface area contributed by atoms with Crippen molar-refractivity contribution in [3.63, 3.8) is 0 Å². The zero-order valence-corrected chi connectivity index (χ0v) is 20.9. The van der Waals surface area contributed by atoms with Crippen molar-refractivity contribution in [2.75, 3.05) is 31.6 Å². The molecule has 0 aliphatic carbocycles. The largest absolute Gasteiger partial charge is 0.460 e. The van der Waals surface area contributed by atoms with Crippen molar-refractivity contribution in [2.24, 2.45) is 0 Å². The molecule has 0 bridgehead atoms. The van der Waals surface area contributed by atoms with E-state index < -0.39 is 11.7 Å². The van der Waals surface area contributed by atoms with Crippen molar-refractivity contribution < 1.29 is 27.1 Å². The Morgan fingerprint density at radius 2 is 1.82 bits per heavy atom. The second-order valence-electron chi connectivity index (χ2n) is 9.06. The number of allylic oxidation sites excluding steroid dienone is 2. The van der Waals surface area contributed by atoms with Crippen LogP contribution in [-0.2, 0) is 22.3 Å². The average molecular weight is 534 g/mol. The number of alkyl halides is 3. The number of morpholine rings is 1. The summed E-state index contributed by atoms with van der Waals surface area (Å²) in [5.41, 5.74) is 0.993. The van der Waals surface area contributed by atoms with Crippen molar-refractivity contribution in [1.29, 1.82) is 0 Å². The van der Waals surface area contributed by atoms with E-state index in [1.807, 2.05) is 24.3 Å². The molecule has 1 saturated heterocycles. The maximum Gasteiger partial charge on any atom is 0.416 e. The number of nitrogens with one attached hydrogen (secondary N) is 1. The Morgan fingerprint density at radius 1 is 1.03 bits per heavy atom. The molecule has 39 heavy (non-hydrogen) atoms. The van der Waals surface area contributed by atoms with E-state index in [1.54, 1.807) is 36.7 Å². The number of carbonyl (C=O) groups is 1. The van der Waals surface area contributed by atoms with Crippen LogP contribution in [-0.4, -0.2) is 42.1 Å². The predicted octanol–water partition coefficient (Wildman–Crippen LogP) is 6.31. The number of ether oxygens (including phenoxy) is 1. The number of nitrogens with zero attached hydrogens (tertiary/aromatic N) is 2. The number of rotatable bonds is 7. The molecule has 0 unspecified atom stereocenters. The van der Waals surface area contributed by atoms with E-state index in [-0.39, 0.29) is 5.91 Å². The summed E-state index contributed by atoms with van der Waals surface area (Å²) in [6.45, 7) is 3.51. The molecule has 200 valence electrons. The van der Waals surface area contributed by atoms with Gasteiger partial charge in [-0.25, -0.2) is 0 Å². The Bertz CT molecular complexity index is 1500. The van der Waals surface area contributed by atoms with Gasteiger partial charge in [-0.2, -0.15) is 13.2 Å². The molecule has 0 atom stereocenters. The zero-order valence-electron chi connectivity index (χ0n) is 20.9. The summed E-state index contributed by atoms with van der Waals surface area (Å²) in [5.74, 6) is 0.872. The maximum absolute atomic E-state index is 13.1. The first-order valence-corrected chi connectivity index (χ1v) is 12.5. The molecular weight excluding hydrogens is 507 g/mol. The van der Waals surface area contributed by atoms with Gasteiger partial charge in [0, 0.05) is 53.6 Å². The highest BCUT2D eigenvalue weighted by Gasteiger charge is 2.30. The lowest BCUT2D eigenvalue weighted by Gasteiger charge is -2.25. The highest BCUT2D eigenvalue weighted by molar-refractivity contribution is 6.06. The van der Waals surface area contributed by atoms with Crippen molar-refractivity contribution >= 4 is 27.9 Å². The summed E-state index contributed by atoms with van der Waals surface area (Å²) in [6.07, 6.45) is 3.52. The lowest BCUT2D eigenvalue weighted by Crippen LogP contribution is -2.35. The molecule has 1 aliphatic heterocycles. The van der Waals surface area contributed by atoms with Crippen LogP contribution in [0.25, 0.3) is 16.3 Å². The van der Waals surface area contributed by atoms with E-state index >= 15 is 0 Å². The Hall–Kier alpha value is -4.21. The number of aromatic nitrogens is 1. The summed E-state index contributed by atoms with van der Waals surface area (Å²) < 4.78 is 50.9. The number of fused-ring (bicyclic) bond motifs is 1. The van der Waals surface area contributed by atoms with Gasteiger partial charge in [0.25, 0.3) is 0 Å². The van der Waals surface area contributed by atoms with E-state index in [9.17, 15) is 18.0 Å². The Balaban J connectivity index is 1.39. The summed E-state index contributed by atoms with van der Waals surface area (Å²) in [7, 11) is 0. The molecule has 5 rings (SSSR count). The number of halogens is 3. The molecule has 0 spiro atoms. The number of hydrogen-bond acceptors (Lipinski definition) is 5. The third kappa shape index (κ3) is 6.63. The topological polar surface area (TPSA) is 67.6 Å². The molecule has 6 nitrogen and oxygen atoms in total. The molecule has 1 fully saturated rings. The van der Waals surface area contributed by atoms with Crippen LogP contribution in [0, 0.1) is 0 Å². The number of carbonyl (C=O) groups excluding carboxylic acids is 1. The van der Waals surface area contributed by atoms with Crippen LogP contribution in [0.15, 0.2) is 95.7 Å². The molecule has 9 heteroatoms. The van der Waals surface area contributed by atoms with Crippen LogP contribution in [0.5, 0.6) is 0 Å². The second kappa shape index (κ2) is 11.7. The first-order chi connectivity index (χ1) is 18.9. The summed E-state index contributed by atoms with van der Waals surface area (Å²) in [5, 5.41) is 4.62. The van der Waals surface area contributed by atoms with Gasteiger partial charge in [0.2, 0.25) is 5.91 Å². The summed E-state index contributed by atoms with van der Waals surface area (Å²) in [6, 6.07) is 15.9. The van der Waals surface area contributed by atoms with Crippen LogP contribution in [0.4, 0.5) is 18.9 Å². The van der Waals surface area contributed by atoms with Crippen molar-refractivity contribution in [1.82, 2.24) is 9.88 Å². The van der Waals surface area contributed by atoms with Gasteiger partial charge in [0.15, 0.2) is 0 Å². The lowest BCUT2D eigenvalue weighted by molar-refractivity contribution is -0.137. The monoisotopic (exact) mass is 533 g/mol. The van der Waals surface area contributed by atoms with Crippen LogP contribution >= 0.6 is 0 Å². The number of amides is 1. The molecule has 2 aromatic heterocycles. The smallest absolute Gasteiger partial charge is 0.416 e. The molecule has 1 amide bonds. The van der Waals surface area contributed by atoms with Crippen molar-refractivity contribution in [3.8, 4) is 0 Å². The minimum Gasteiger partial charge on any atom is -0.460 e. The van der Waals surface area contributed by atoms with Crippen LogP contribution in [0.3, 0.4) is 0 Å². The van der Waals surface area contributed by atoms with Gasteiger partial charge in [0.1, 0.15) is 11.5 Å². The number of furan rings is 1. The number of anilines is 1. The Morgan fingerprint density at radius 3 is 2.59 bits per heavy atom. The third-order valence-corrected chi connectivity index (χ3v) is 6.38. The van der Waals surface area contributed by atoms with E-state index in [4.69, 9.17) is 9.15 Å². The van der Waals surface area contributed by atoms with Gasteiger partial charge in [-0.15, -0.1) is 0 Å². The molecular formula is C30H26F3N3O3. The van der Waals surface area contributed by atoms with Crippen LogP contribution in [0.1, 0.15) is 22.6 Å². The molecule has 0 saturated carbocycles. The standard InChI is InChI=1S/C30H26F3N3O3/c31-30(32,33)23-9-7-21(8-10-23)26(28-12-11-24(39-28)20-36-15-17-38-18-16-36)4-2-6-29(37)35-27-5-1-3-22-19-34-14-13-25(22)27/h1-14,19H,15-18,20H2,(H,35,37)/b6-2+,26-4-. The SMILES string of the molecule is O=C(/C=C/C=C(/c1ccc(C(F)(F)F)cc1)c1ccc(CN2CCOCC2)o1)Nc1cccc2cnccc12. The predicted molar refractivity (Wildman–Crippen MR) is 143 cm³/mol. The average Bonchev–Trinajstić information content (AvgIpc) is 3.39. The molecule has 3 heterocycles. The van der Waals surface area contributed by atoms with Gasteiger partial charge in [-0.1, -0.05) is 36.4 Å². The Kier molecular flexibility index (Phi) is 7.90. The number of hydrogen-bond donors (Lipinski definition) is 1. The van der Waals surface area contributed by atoms with Gasteiger partial charge < -0.3 is 14.5 Å². The third-order valence-electron chi connectivity index (χ3n) is 6.38. The van der Waals surface area contributed by atoms with Crippen molar-refractivity contribution in [3.05, 3.63) is 114 Å². The first kappa shape index (κ1) is 26.4. The van der Waals surface area contributed by atoms with Gasteiger partial charge in [0.05, 0.1) is 25.3 Å². The quantitative estimate of drug-likeness (QED) is 0.223. The second-order valence-corrected chi connectivity index (χ2v) is 9.06. The van der Waals surface area contributed by atoms with E-state index in [2.05, 4.69) is 15.2 Å². The molecule has 2 aromatic carbocycles. The lowest BCUT2D eigenvalue weighted by atomic mass is 10.0. The number of benzene rings is 2. The van der Waals surface area contributed by atoms with Crippen LogP contribution in [0.2, 0.25) is 0 Å². The fourth-order valence-electron chi connectivity index (χ4n) is 4.38. The molecule has 0 radical (unpaired) electrons. The van der Waals surface area contributed by atoms with Gasteiger partial charge >= 0.3 is 6.18 Å². The minimum atomic E-state index is -4.44. The molecule has 1 aliphatic rings. The summed E-state index contributed by atoms with van der Waals surface area (Å²) in [4.78, 5) is 19.0. The Labute approximate surface area is 223 Å². The van der Waals surface area contributed by atoms with Gasteiger partial charge in [-0.3, -0.25) is 14.7 Å². The van der Waals surface area contributed by atoms with E-state index in [0.29, 0.717) is 42.3 Å². The fraction of sp³-hybridized carbons (Fsp3) is 0.200.